The number of hydrogen-bond donors (Lipinski definition) is 1. The Hall–Kier alpha value is -2.14. The maximum atomic E-state index is 11.2. The lowest BCUT2D eigenvalue weighted by atomic mass is 10.0. The lowest BCUT2D eigenvalue weighted by molar-refractivity contribution is -0.142. The van der Waals surface area contributed by atoms with Crippen LogP contribution in [0.5, 0.6) is 0 Å². The molecule has 2 aromatic carbocycles. The zero-order chi connectivity index (χ0) is 18.7. The van der Waals surface area contributed by atoms with Gasteiger partial charge >= 0.3 is 5.97 Å². The Morgan fingerprint density at radius 2 is 1.88 bits per heavy atom. The van der Waals surface area contributed by atoms with Crippen LogP contribution in [-0.4, -0.2) is 29.3 Å². The molecule has 3 rings (SSSR count). The van der Waals surface area contributed by atoms with Gasteiger partial charge in [0.1, 0.15) is 0 Å². The van der Waals surface area contributed by atoms with Crippen molar-refractivity contribution in [1.82, 2.24) is 4.98 Å². The van der Waals surface area contributed by atoms with Crippen LogP contribution in [0.4, 0.5) is 0 Å². The standard InChI is InChI=1S/C20H17Cl2NO3/c1-26-19(25)11-14(24)10-12-5-7-17-13(9-12)6-8-18(23-17)20-15(21)3-2-4-16(20)22/h2-9,14,24H,10-11H2,1H3. The number of aromatic nitrogens is 1. The number of carbonyl (C=O) groups is 1. The van der Waals surface area contributed by atoms with E-state index in [0.717, 1.165) is 16.5 Å². The van der Waals surface area contributed by atoms with Crippen molar-refractivity contribution >= 4 is 40.1 Å². The molecule has 134 valence electrons. The fraction of sp³-hybridized carbons (Fsp3) is 0.200. The van der Waals surface area contributed by atoms with Crippen LogP contribution in [0.25, 0.3) is 22.2 Å². The number of nitrogens with zero attached hydrogens (tertiary/aromatic N) is 1. The molecular formula is C20H17Cl2NO3. The van der Waals surface area contributed by atoms with Gasteiger partial charge in [-0.15, -0.1) is 0 Å². The fourth-order valence-electron chi connectivity index (χ4n) is 2.80. The molecule has 0 radical (unpaired) electrons. The lowest BCUT2D eigenvalue weighted by Gasteiger charge is -2.11. The minimum atomic E-state index is -0.783. The Morgan fingerprint density at radius 3 is 2.58 bits per heavy atom. The Bertz CT molecular complexity index is 939. The molecule has 1 atom stereocenters. The monoisotopic (exact) mass is 389 g/mol. The van der Waals surface area contributed by atoms with Gasteiger partial charge in [0.05, 0.1) is 40.9 Å². The van der Waals surface area contributed by atoms with Crippen molar-refractivity contribution in [2.75, 3.05) is 7.11 Å². The first-order valence-electron chi connectivity index (χ1n) is 8.07. The summed E-state index contributed by atoms with van der Waals surface area (Å²) in [5.74, 6) is -0.429. The van der Waals surface area contributed by atoms with Crippen LogP contribution in [0.15, 0.2) is 48.5 Å². The summed E-state index contributed by atoms with van der Waals surface area (Å²) in [5.41, 5.74) is 3.12. The molecule has 0 saturated carbocycles. The molecule has 1 unspecified atom stereocenters. The summed E-state index contributed by atoms with van der Waals surface area (Å²) >= 11 is 12.5. The topological polar surface area (TPSA) is 59.4 Å². The lowest BCUT2D eigenvalue weighted by Crippen LogP contribution is -2.17. The summed E-state index contributed by atoms with van der Waals surface area (Å²) in [7, 11) is 1.31. The number of hydrogen-bond acceptors (Lipinski definition) is 4. The Labute approximate surface area is 161 Å². The number of benzene rings is 2. The highest BCUT2D eigenvalue weighted by molar-refractivity contribution is 6.39. The Morgan fingerprint density at radius 1 is 1.15 bits per heavy atom. The van der Waals surface area contributed by atoms with Crippen LogP contribution in [0, 0.1) is 0 Å². The number of esters is 1. The van der Waals surface area contributed by atoms with E-state index >= 15 is 0 Å². The van der Waals surface area contributed by atoms with Crippen LogP contribution < -0.4 is 0 Å². The number of methoxy groups -OCH3 is 1. The van der Waals surface area contributed by atoms with E-state index in [1.807, 2.05) is 30.3 Å². The molecule has 0 fully saturated rings. The molecule has 0 spiro atoms. The average molecular weight is 390 g/mol. The van der Waals surface area contributed by atoms with Gasteiger partial charge in [0.15, 0.2) is 0 Å². The second-order valence-corrected chi connectivity index (χ2v) is 6.77. The molecule has 6 heteroatoms. The van der Waals surface area contributed by atoms with Gasteiger partial charge in [0.25, 0.3) is 0 Å². The van der Waals surface area contributed by atoms with E-state index in [1.165, 1.54) is 7.11 Å². The molecular weight excluding hydrogens is 373 g/mol. The van der Waals surface area contributed by atoms with Crippen molar-refractivity contribution in [2.24, 2.45) is 0 Å². The number of carbonyl (C=O) groups excluding carboxylic acids is 1. The average Bonchev–Trinajstić information content (AvgIpc) is 2.61. The van der Waals surface area contributed by atoms with Gasteiger partial charge in [-0.1, -0.05) is 41.4 Å². The van der Waals surface area contributed by atoms with E-state index in [2.05, 4.69) is 9.72 Å². The molecule has 1 aromatic heterocycles. The third-order valence-electron chi connectivity index (χ3n) is 4.07. The zero-order valence-corrected chi connectivity index (χ0v) is 15.6. The maximum absolute atomic E-state index is 11.2. The summed E-state index contributed by atoms with van der Waals surface area (Å²) in [6, 6.07) is 14.9. The van der Waals surface area contributed by atoms with Gasteiger partial charge < -0.3 is 9.84 Å². The van der Waals surface area contributed by atoms with Crippen molar-refractivity contribution in [3.05, 3.63) is 64.1 Å². The number of pyridine rings is 1. The quantitative estimate of drug-likeness (QED) is 0.643. The van der Waals surface area contributed by atoms with Crippen LogP contribution in [0.1, 0.15) is 12.0 Å². The van der Waals surface area contributed by atoms with Crippen LogP contribution >= 0.6 is 23.2 Å². The number of ether oxygens (including phenoxy) is 1. The predicted octanol–water partition coefficient (Wildman–Crippen LogP) is 4.68. The molecule has 0 saturated heterocycles. The van der Waals surface area contributed by atoms with Crippen LogP contribution in [0.2, 0.25) is 10.0 Å². The fourth-order valence-corrected chi connectivity index (χ4v) is 3.39. The van der Waals surface area contributed by atoms with Gasteiger partial charge in [-0.3, -0.25) is 4.79 Å². The molecule has 26 heavy (non-hydrogen) atoms. The highest BCUT2D eigenvalue weighted by Gasteiger charge is 2.13. The molecule has 0 bridgehead atoms. The second-order valence-electron chi connectivity index (χ2n) is 5.96. The van der Waals surface area contributed by atoms with Crippen molar-refractivity contribution in [3.63, 3.8) is 0 Å². The number of rotatable bonds is 5. The minimum Gasteiger partial charge on any atom is -0.469 e. The van der Waals surface area contributed by atoms with Gasteiger partial charge in [-0.05, 0) is 42.3 Å². The van der Waals surface area contributed by atoms with E-state index < -0.39 is 12.1 Å². The number of halogens is 2. The minimum absolute atomic E-state index is 0.0310. The van der Waals surface area contributed by atoms with Gasteiger partial charge in [0, 0.05) is 10.9 Å². The number of aliphatic hydroxyl groups is 1. The smallest absolute Gasteiger partial charge is 0.308 e. The molecule has 1 N–H and O–H groups in total. The van der Waals surface area contributed by atoms with Crippen LogP contribution in [0.3, 0.4) is 0 Å². The molecule has 0 aliphatic heterocycles. The van der Waals surface area contributed by atoms with E-state index in [9.17, 15) is 9.90 Å². The summed E-state index contributed by atoms with van der Waals surface area (Å²) in [6.45, 7) is 0. The van der Waals surface area contributed by atoms with Crippen LogP contribution in [-0.2, 0) is 16.0 Å². The molecule has 0 aliphatic rings. The van der Waals surface area contributed by atoms with Crippen molar-refractivity contribution < 1.29 is 14.6 Å². The molecule has 4 nitrogen and oxygen atoms in total. The number of fused-ring (bicyclic) bond motifs is 1. The Kier molecular flexibility index (Phi) is 5.77. The van der Waals surface area contributed by atoms with Crippen molar-refractivity contribution in [1.29, 1.82) is 0 Å². The van der Waals surface area contributed by atoms with Gasteiger partial charge in [-0.25, -0.2) is 4.98 Å². The predicted molar refractivity (Wildman–Crippen MR) is 104 cm³/mol. The molecule has 3 aromatic rings. The van der Waals surface area contributed by atoms with Crippen molar-refractivity contribution in [2.45, 2.75) is 18.9 Å². The summed E-state index contributed by atoms with van der Waals surface area (Å²) < 4.78 is 4.57. The normalized spacial score (nSPS) is 12.2. The number of aliphatic hydroxyl groups excluding tert-OH is 1. The molecule has 0 amide bonds. The first-order valence-corrected chi connectivity index (χ1v) is 8.82. The maximum Gasteiger partial charge on any atom is 0.308 e. The van der Waals surface area contributed by atoms with E-state index in [-0.39, 0.29) is 6.42 Å². The van der Waals surface area contributed by atoms with E-state index in [0.29, 0.717) is 27.7 Å². The van der Waals surface area contributed by atoms with Gasteiger partial charge in [-0.2, -0.15) is 0 Å². The first-order chi connectivity index (χ1) is 12.5. The molecule has 1 heterocycles. The SMILES string of the molecule is COC(=O)CC(O)Cc1ccc2nc(-c3c(Cl)cccc3Cl)ccc2c1. The summed E-state index contributed by atoms with van der Waals surface area (Å²) in [5, 5.41) is 12.0. The first kappa shape index (κ1) is 18.6. The van der Waals surface area contributed by atoms with Crippen molar-refractivity contribution in [3.8, 4) is 11.3 Å². The van der Waals surface area contributed by atoms with E-state index in [4.69, 9.17) is 23.2 Å². The highest BCUT2D eigenvalue weighted by Crippen LogP contribution is 2.34. The third-order valence-corrected chi connectivity index (χ3v) is 4.70. The Balaban J connectivity index is 1.88. The zero-order valence-electron chi connectivity index (χ0n) is 14.1. The summed E-state index contributed by atoms with van der Waals surface area (Å²) in [4.78, 5) is 15.9. The van der Waals surface area contributed by atoms with Gasteiger partial charge in [0.2, 0.25) is 0 Å². The second kappa shape index (κ2) is 8.04. The van der Waals surface area contributed by atoms with E-state index in [1.54, 1.807) is 18.2 Å². The largest absolute Gasteiger partial charge is 0.469 e. The summed E-state index contributed by atoms with van der Waals surface area (Å²) in [6.07, 6.45) is -0.450. The third kappa shape index (κ3) is 4.15. The molecule has 0 aliphatic carbocycles. The highest BCUT2D eigenvalue weighted by atomic mass is 35.5.